The standard InChI is InChI=1S/C9H10N4O3/c1-13-5-6(4-10-13)9-11-7(16-12-9)3-8(14)15-2/h4-5H,3H2,1-2H3. The van der Waals surface area contributed by atoms with Crippen LogP contribution in [0.3, 0.4) is 0 Å². The molecule has 0 saturated carbocycles. The van der Waals surface area contributed by atoms with E-state index in [1.165, 1.54) is 7.11 Å². The summed E-state index contributed by atoms with van der Waals surface area (Å²) in [5, 5.41) is 7.72. The van der Waals surface area contributed by atoms with Crippen molar-refractivity contribution in [3.05, 3.63) is 18.3 Å². The maximum absolute atomic E-state index is 11.0. The van der Waals surface area contributed by atoms with Gasteiger partial charge in [0.05, 0.1) is 18.9 Å². The molecule has 0 N–H and O–H groups in total. The van der Waals surface area contributed by atoms with Gasteiger partial charge in [-0.2, -0.15) is 10.1 Å². The lowest BCUT2D eigenvalue weighted by molar-refractivity contribution is -0.140. The van der Waals surface area contributed by atoms with Gasteiger partial charge in [0, 0.05) is 13.2 Å². The fourth-order valence-electron chi connectivity index (χ4n) is 1.18. The van der Waals surface area contributed by atoms with Gasteiger partial charge in [-0.1, -0.05) is 5.16 Å². The maximum Gasteiger partial charge on any atom is 0.315 e. The van der Waals surface area contributed by atoms with Crippen LogP contribution in [0.5, 0.6) is 0 Å². The van der Waals surface area contributed by atoms with Crippen molar-refractivity contribution in [1.82, 2.24) is 19.9 Å². The van der Waals surface area contributed by atoms with Crippen LogP contribution in [0.4, 0.5) is 0 Å². The van der Waals surface area contributed by atoms with Crippen molar-refractivity contribution in [3.8, 4) is 11.4 Å². The summed E-state index contributed by atoms with van der Waals surface area (Å²) in [5.74, 6) is 0.221. The highest BCUT2D eigenvalue weighted by atomic mass is 16.5. The molecule has 0 aliphatic carbocycles. The van der Waals surface area contributed by atoms with Crippen LogP contribution in [0.1, 0.15) is 5.89 Å². The van der Waals surface area contributed by atoms with Crippen molar-refractivity contribution in [2.45, 2.75) is 6.42 Å². The van der Waals surface area contributed by atoms with Crippen LogP contribution in [-0.2, 0) is 23.0 Å². The second kappa shape index (κ2) is 4.13. The second-order valence-corrected chi connectivity index (χ2v) is 3.17. The van der Waals surface area contributed by atoms with Gasteiger partial charge in [0.1, 0.15) is 6.42 Å². The van der Waals surface area contributed by atoms with E-state index in [0.717, 1.165) is 5.56 Å². The molecule has 0 unspecified atom stereocenters. The van der Waals surface area contributed by atoms with Gasteiger partial charge in [-0.25, -0.2) is 0 Å². The molecule has 7 heteroatoms. The van der Waals surface area contributed by atoms with Crippen LogP contribution >= 0.6 is 0 Å². The molecule has 0 aromatic carbocycles. The summed E-state index contributed by atoms with van der Waals surface area (Å²) in [5.41, 5.74) is 0.738. The minimum atomic E-state index is -0.415. The van der Waals surface area contributed by atoms with Crippen molar-refractivity contribution < 1.29 is 14.1 Å². The Hall–Kier alpha value is -2.18. The molecule has 2 heterocycles. The van der Waals surface area contributed by atoms with Crippen LogP contribution in [0.2, 0.25) is 0 Å². The molecule has 2 aromatic rings. The molecule has 0 aliphatic heterocycles. The number of aromatic nitrogens is 4. The van der Waals surface area contributed by atoms with Gasteiger partial charge in [-0.05, 0) is 0 Å². The summed E-state index contributed by atoms with van der Waals surface area (Å²) in [6, 6.07) is 0. The van der Waals surface area contributed by atoms with Crippen molar-refractivity contribution in [2.75, 3.05) is 7.11 Å². The zero-order chi connectivity index (χ0) is 11.5. The predicted octanol–water partition coefficient (Wildman–Crippen LogP) is 0.186. The van der Waals surface area contributed by atoms with Gasteiger partial charge in [-0.3, -0.25) is 9.48 Å². The third-order valence-corrected chi connectivity index (χ3v) is 1.95. The molecule has 0 bridgehead atoms. The van der Waals surface area contributed by atoms with E-state index in [0.29, 0.717) is 5.82 Å². The minimum absolute atomic E-state index is 0.0240. The number of carbonyl (C=O) groups excluding carboxylic acids is 1. The number of esters is 1. The van der Waals surface area contributed by atoms with Crippen LogP contribution in [0.25, 0.3) is 11.4 Å². The topological polar surface area (TPSA) is 83.0 Å². The van der Waals surface area contributed by atoms with Gasteiger partial charge in [0.25, 0.3) is 0 Å². The molecule has 0 saturated heterocycles. The Kier molecular flexibility index (Phi) is 2.67. The van der Waals surface area contributed by atoms with E-state index in [1.54, 1.807) is 24.1 Å². The lowest BCUT2D eigenvalue weighted by Gasteiger charge is -1.91. The largest absolute Gasteiger partial charge is 0.469 e. The van der Waals surface area contributed by atoms with Crippen molar-refractivity contribution in [3.63, 3.8) is 0 Å². The molecule has 0 amide bonds. The van der Waals surface area contributed by atoms with E-state index in [2.05, 4.69) is 20.0 Å². The Bertz CT molecular complexity index is 502. The van der Waals surface area contributed by atoms with Gasteiger partial charge in [0.2, 0.25) is 11.7 Å². The lowest BCUT2D eigenvalue weighted by atomic mass is 10.3. The molecule has 84 valence electrons. The Labute approximate surface area is 91.0 Å². The fraction of sp³-hybridized carbons (Fsp3) is 0.333. The Morgan fingerprint density at radius 1 is 1.62 bits per heavy atom. The van der Waals surface area contributed by atoms with E-state index in [4.69, 9.17) is 4.52 Å². The summed E-state index contributed by atoms with van der Waals surface area (Å²) in [6.07, 6.45) is 3.35. The van der Waals surface area contributed by atoms with Crippen LogP contribution in [-0.4, -0.2) is 33.0 Å². The predicted molar refractivity (Wildman–Crippen MR) is 52.2 cm³/mol. The number of ether oxygens (including phenoxy) is 1. The minimum Gasteiger partial charge on any atom is -0.469 e. The number of aryl methyl sites for hydroxylation is 1. The molecule has 0 fully saturated rings. The molecule has 0 radical (unpaired) electrons. The quantitative estimate of drug-likeness (QED) is 0.689. The number of carbonyl (C=O) groups is 1. The lowest BCUT2D eigenvalue weighted by Crippen LogP contribution is -2.04. The van der Waals surface area contributed by atoms with Gasteiger partial charge in [0.15, 0.2) is 0 Å². The zero-order valence-corrected chi connectivity index (χ0v) is 8.88. The highest BCUT2D eigenvalue weighted by molar-refractivity contribution is 5.71. The summed E-state index contributed by atoms with van der Waals surface area (Å²) in [4.78, 5) is 15.0. The first kappa shape index (κ1) is 10.3. The smallest absolute Gasteiger partial charge is 0.315 e. The van der Waals surface area contributed by atoms with E-state index in [1.807, 2.05) is 0 Å². The van der Waals surface area contributed by atoms with Crippen molar-refractivity contribution in [1.29, 1.82) is 0 Å². The number of hydrogen-bond donors (Lipinski definition) is 0. The molecule has 0 atom stereocenters. The molecule has 0 spiro atoms. The van der Waals surface area contributed by atoms with Crippen molar-refractivity contribution in [2.24, 2.45) is 7.05 Å². The highest BCUT2D eigenvalue weighted by Gasteiger charge is 2.13. The SMILES string of the molecule is COC(=O)Cc1nc(-c2cnn(C)c2)no1. The van der Waals surface area contributed by atoms with Crippen LogP contribution in [0.15, 0.2) is 16.9 Å². The van der Waals surface area contributed by atoms with E-state index in [9.17, 15) is 4.79 Å². The molecular weight excluding hydrogens is 212 g/mol. The first-order valence-corrected chi connectivity index (χ1v) is 4.57. The average molecular weight is 222 g/mol. The number of nitrogens with zero attached hydrogens (tertiary/aromatic N) is 4. The van der Waals surface area contributed by atoms with Gasteiger partial charge in [-0.15, -0.1) is 0 Å². The number of rotatable bonds is 3. The van der Waals surface area contributed by atoms with E-state index in [-0.39, 0.29) is 12.3 Å². The van der Waals surface area contributed by atoms with Gasteiger partial charge >= 0.3 is 5.97 Å². The summed E-state index contributed by atoms with van der Waals surface area (Å²) in [6.45, 7) is 0. The first-order chi connectivity index (χ1) is 7.69. The average Bonchev–Trinajstić information content (AvgIpc) is 2.87. The van der Waals surface area contributed by atoms with Gasteiger partial charge < -0.3 is 9.26 Å². The Morgan fingerprint density at radius 2 is 2.44 bits per heavy atom. The first-order valence-electron chi connectivity index (χ1n) is 4.57. The maximum atomic E-state index is 11.0. The normalized spacial score (nSPS) is 10.4. The molecule has 16 heavy (non-hydrogen) atoms. The third-order valence-electron chi connectivity index (χ3n) is 1.95. The second-order valence-electron chi connectivity index (χ2n) is 3.17. The molecule has 2 aromatic heterocycles. The molecule has 7 nitrogen and oxygen atoms in total. The fourth-order valence-corrected chi connectivity index (χ4v) is 1.18. The van der Waals surface area contributed by atoms with Crippen LogP contribution in [0, 0.1) is 0 Å². The summed E-state index contributed by atoms with van der Waals surface area (Å²) < 4.78 is 11.0. The van der Waals surface area contributed by atoms with E-state index < -0.39 is 5.97 Å². The zero-order valence-electron chi connectivity index (χ0n) is 8.88. The Morgan fingerprint density at radius 3 is 3.06 bits per heavy atom. The molecular formula is C9H10N4O3. The van der Waals surface area contributed by atoms with Crippen molar-refractivity contribution >= 4 is 5.97 Å². The number of methoxy groups -OCH3 is 1. The third kappa shape index (κ3) is 2.08. The summed E-state index contributed by atoms with van der Waals surface area (Å²) in [7, 11) is 3.10. The number of hydrogen-bond acceptors (Lipinski definition) is 6. The molecule has 2 rings (SSSR count). The summed E-state index contributed by atoms with van der Waals surface area (Å²) >= 11 is 0. The van der Waals surface area contributed by atoms with E-state index >= 15 is 0 Å². The monoisotopic (exact) mass is 222 g/mol. The Balaban J connectivity index is 2.16. The molecule has 0 aliphatic rings. The van der Waals surface area contributed by atoms with Crippen LogP contribution < -0.4 is 0 Å². The highest BCUT2D eigenvalue weighted by Crippen LogP contribution is 2.14.